The number of hydrogen-bond acceptors (Lipinski definition) is 5. The fraction of sp³-hybridized carbons (Fsp3) is 0.333. The molecule has 27 heavy (non-hydrogen) atoms. The molecule has 0 saturated carbocycles. The molecule has 1 saturated heterocycles. The van der Waals surface area contributed by atoms with Crippen LogP contribution in [0.5, 0.6) is 17.2 Å². The van der Waals surface area contributed by atoms with Crippen LogP contribution < -0.4 is 14.2 Å². The van der Waals surface area contributed by atoms with Gasteiger partial charge in [0.25, 0.3) is 5.91 Å². The number of rotatable bonds is 4. The van der Waals surface area contributed by atoms with Crippen molar-refractivity contribution in [3.63, 3.8) is 0 Å². The summed E-state index contributed by atoms with van der Waals surface area (Å²) in [5.41, 5.74) is -0.0154. The van der Waals surface area contributed by atoms with Gasteiger partial charge in [-0.1, -0.05) is 24.3 Å². The molecule has 1 atom stereocenters. The van der Waals surface area contributed by atoms with Gasteiger partial charge in [-0.05, 0) is 24.3 Å². The van der Waals surface area contributed by atoms with E-state index in [2.05, 4.69) is 0 Å². The lowest BCUT2D eigenvalue weighted by atomic mass is 9.89. The van der Waals surface area contributed by atoms with Crippen molar-refractivity contribution in [2.24, 2.45) is 0 Å². The number of amides is 1. The molecule has 1 fully saturated rings. The Kier molecular flexibility index (Phi) is 4.48. The fourth-order valence-electron chi connectivity index (χ4n) is 3.70. The Balaban J connectivity index is 1.41. The molecule has 2 aromatic rings. The minimum atomic E-state index is -0.633. The maximum absolute atomic E-state index is 12.6. The van der Waals surface area contributed by atoms with Gasteiger partial charge >= 0.3 is 0 Å². The van der Waals surface area contributed by atoms with Gasteiger partial charge in [0.15, 0.2) is 23.9 Å². The zero-order valence-electron chi connectivity index (χ0n) is 15.1. The van der Waals surface area contributed by atoms with E-state index < -0.39 is 5.60 Å². The molecule has 2 aliphatic rings. The van der Waals surface area contributed by atoms with Crippen molar-refractivity contribution >= 4 is 11.7 Å². The Hall–Kier alpha value is -3.02. The van der Waals surface area contributed by atoms with Crippen molar-refractivity contribution in [1.29, 1.82) is 0 Å². The third-order valence-corrected chi connectivity index (χ3v) is 5.09. The van der Waals surface area contributed by atoms with Crippen molar-refractivity contribution in [2.75, 3.05) is 26.8 Å². The fourth-order valence-corrected chi connectivity index (χ4v) is 3.70. The number of hydrogen-bond donors (Lipinski definition) is 0. The molecule has 4 rings (SSSR count). The average molecular weight is 367 g/mol. The molecule has 0 radical (unpaired) electrons. The SMILES string of the molecule is COc1ccccc1OCC(=O)N1CCC2(CC(=O)c3ccccc3O2)C1. The lowest BCUT2D eigenvalue weighted by Crippen LogP contribution is -2.45. The van der Waals surface area contributed by atoms with E-state index in [9.17, 15) is 9.59 Å². The normalized spacial score (nSPS) is 20.9. The van der Waals surface area contributed by atoms with Crippen LogP contribution in [0.25, 0.3) is 0 Å². The van der Waals surface area contributed by atoms with E-state index in [4.69, 9.17) is 14.2 Å². The van der Waals surface area contributed by atoms with Gasteiger partial charge in [0.2, 0.25) is 0 Å². The molecule has 1 unspecified atom stereocenters. The molecule has 2 aliphatic heterocycles. The lowest BCUT2D eigenvalue weighted by molar-refractivity contribution is -0.133. The van der Waals surface area contributed by atoms with Crippen LogP contribution in [0.1, 0.15) is 23.2 Å². The van der Waals surface area contributed by atoms with Crippen LogP contribution in [0.2, 0.25) is 0 Å². The van der Waals surface area contributed by atoms with E-state index in [1.807, 2.05) is 30.3 Å². The first-order valence-electron chi connectivity index (χ1n) is 8.95. The molecule has 1 amide bonds. The van der Waals surface area contributed by atoms with E-state index >= 15 is 0 Å². The van der Waals surface area contributed by atoms with E-state index in [1.54, 1.807) is 30.2 Å². The number of ether oxygens (including phenoxy) is 3. The second-order valence-electron chi connectivity index (χ2n) is 6.89. The molecule has 2 aromatic carbocycles. The van der Waals surface area contributed by atoms with Gasteiger partial charge in [-0.25, -0.2) is 0 Å². The number of nitrogens with zero attached hydrogens (tertiary/aromatic N) is 1. The molecule has 1 spiro atoms. The van der Waals surface area contributed by atoms with Crippen molar-refractivity contribution in [3.8, 4) is 17.2 Å². The van der Waals surface area contributed by atoms with Gasteiger partial charge in [-0.2, -0.15) is 0 Å². The predicted molar refractivity (Wildman–Crippen MR) is 98.4 cm³/mol. The van der Waals surface area contributed by atoms with Gasteiger partial charge in [0, 0.05) is 13.0 Å². The summed E-state index contributed by atoms with van der Waals surface area (Å²) in [5, 5.41) is 0. The molecule has 6 nitrogen and oxygen atoms in total. The third kappa shape index (κ3) is 3.35. The standard InChI is InChI=1S/C21H21NO5/c1-25-18-8-4-5-9-19(18)26-13-20(24)22-11-10-21(14-22)12-16(23)15-6-2-3-7-17(15)27-21/h2-9H,10-14H2,1H3. The molecule has 2 heterocycles. The Morgan fingerprint density at radius 2 is 1.89 bits per heavy atom. The summed E-state index contributed by atoms with van der Waals surface area (Å²) in [6, 6.07) is 14.5. The van der Waals surface area contributed by atoms with Gasteiger partial charge in [0.1, 0.15) is 11.4 Å². The molecule has 6 heteroatoms. The number of benzene rings is 2. The molecule has 140 valence electrons. The summed E-state index contributed by atoms with van der Waals surface area (Å²) in [6.07, 6.45) is 0.925. The maximum atomic E-state index is 12.6. The highest BCUT2D eigenvalue weighted by Crippen LogP contribution is 2.38. The topological polar surface area (TPSA) is 65.1 Å². The van der Waals surface area contributed by atoms with Crippen LogP contribution in [0.3, 0.4) is 0 Å². The van der Waals surface area contributed by atoms with Gasteiger partial charge < -0.3 is 19.1 Å². The van der Waals surface area contributed by atoms with E-state index in [0.717, 1.165) is 0 Å². The zero-order valence-corrected chi connectivity index (χ0v) is 15.1. The van der Waals surface area contributed by atoms with Crippen LogP contribution in [-0.4, -0.2) is 49.0 Å². The van der Waals surface area contributed by atoms with E-state index in [-0.39, 0.29) is 18.3 Å². The number of Topliss-reactive ketones (excluding diaryl/α,β-unsaturated/α-hetero) is 1. The number of fused-ring (bicyclic) bond motifs is 1. The zero-order chi connectivity index (χ0) is 18.9. The molecular formula is C21H21NO5. The van der Waals surface area contributed by atoms with Gasteiger partial charge in [0.05, 0.1) is 25.6 Å². The van der Waals surface area contributed by atoms with Crippen molar-refractivity contribution in [1.82, 2.24) is 4.90 Å². The minimum absolute atomic E-state index is 0.0661. The van der Waals surface area contributed by atoms with E-state index in [1.165, 1.54) is 0 Å². The van der Waals surface area contributed by atoms with Crippen LogP contribution in [0.4, 0.5) is 0 Å². The minimum Gasteiger partial charge on any atom is -0.493 e. The summed E-state index contributed by atoms with van der Waals surface area (Å²) in [4.78, 5) is 26.8. The van der Waals surface area contributed by atoms with Gasteiger partial charge in [-0.3, -0.25) is 9.59 Å². The van der Waals surface area contributed by atoms with Crippen molar-refractivity contribution < 1.29 is 23.8 Å². The molecule has 0 aromatic heterocycles. The number of para-hydroxylation sites is 3. The molecule has 0 aliphatic carbocycles. The Morgan fingerprint density at radius 3 is 2.70 bits per heavy atom. The van der Waals surface area contributed by atoms with Crippen LogP contribution in [-0.2, 0) is 4.79 Å². The van der Waals surface area contributed by atoms with Crippen molar-refractivity contribution in [3.05, 3.63) is 54.1 Å². The monoisotopic (exact) mass is 367 g/mol. The highest BCUT2D eigenvalue weighted by atomic mass is 16.5. The van der Waals surface area contributed by atoms with Crippen molar-refractivity contribution in [2.45, 2.75) is 18.4 Å². The Morgan fingerprint density at radius 1 is 1.15 bits per heavy atom. The van der Waals surface area contributed by atoms with Crippen LogP contribution >= 0.6 is 0 Å². The second kappa shape index (κ2) is 6.95. The number of carbonyl (C=O) groups is 2. The lowest BCUT2D eigenvalue weighted by Gasteiger charge is -2.34. The van der Waals surface area contributed by atoms with Crippen LogP contribution in [0.15, 0.2) is 48.5 Å². The number of ketones is 1. The third-order valence-electron chi connectivity index (χ3n) is 5.09. The number of methoxy groups -OCH3 is 1. The Labute approximate surface area is 157 Å². The first kappa shape index (κ1) is 17.4. The maximum Gasteiger partial charge on any atom is 0.260 e. The van der Waals surface area contributed by atoms with Crippen LogP contribution in [0, 0.1) is 0 Å². The quantitative estimate of drug-likeness (QED) is 0.831. The second-order valence-corrected chi connectivity index (χ2v) is 6.89. The summed E-state index contributed by atoms with van der Waals surface area (Å²) in [6.45, 7) is 0.853. The predicted octanol–water partition coefficient (Wildman–Crippen LogP) is 2.71. The van der Waals surface area contributed by atoms with E-state index in [0.29, 0.717) is 48.7 Å². The highest BCUT2D eigenvalue weighted by Gasteiger charge is 2.46. The number of likely N-dealkylation sites (tertiary alicyclic amines) is 1. The smallest absolute Gasteiger partial charge is 0.260 e. The first-order valence-corrected chi connectivity index (χ1v) is 8.95. The average Bonchev–Trinajstić information content (AvgIpc) is 3.09. The summed E-state index contributed by atoms with van der Waals surface area (Å²) < 4.78 is 17.0. The molecule has 0 bridgehead atoms. The largest absolute Gasteiger partial charge is 0.493 e. The summed E-state index contributed by atoms with van der Waals surface area (Å²) in [5.74, 6) is 1.65. The Bertz CT molecular complexity index is 880. The molecule has 0 N–H and O–H groups in total. The first-order chi connectivity index (χ1) is 13.1. The van der Waals surface area contributed by atoms with Gasteiger partial charge in [-0.15, -0.1) is 0 Å². The number of carbonyl (C=O) groups excluding carboxylic acids is 2. The highest BCUT2D eigenvalue weighted by molar-refractivity contribution is 6.00. The molecular weight excluding hydrogens is 346 g/mol. The summed E-state index contributed by atoms with van der Waals surface area (Å²) >= 11 is 0. The summed E-state index contributed by atoms with van der Waals surface area (Å²) in [7, 11) is 1.56.